The second kappa shape index (κ2) is 9.35. The summed E-state index contributed by atoms with van der Waals surface area (Å²) in [4.78, 5) is 9.65. The number of pyridine rings is 1. The summed E-state index contributed by atoms with van der Waals surface area (Å²) in [6.07, 6.45) is 3.06. The minimum absolute atomic E-state index is 0. The van der Waals surface area contributed by atoms with Gasteiger partial charge in [-0.15, -0.1) is 12.4 Å². The minimum atomic E-state index is 0. The average Bonchev–Trinajstić information content (AvgIpc) is 3.05. The van der Waals surface area contributed by atoms with E-state index in [0.29, 0.717) is 0 Å². The summed E-state index contributed by atoms with van der Waals surface area (Å²) < 4.78 is 2.48. The average molecular weight is 447 g/mol. The van der Waals surface area contributed by atoms with Crippen molar-refractivity contribution in [1.29, 1.82) is 0 Å². The van der Waals surface area contributed by atoms with Crippen LogP contribution in [0.1, 0.15) is 27.9 Å². The Kier molecular flexibility index (Phi) is 6.54. The van der Waals surface area contributed by atoms with Gasteiger partial charge in [0.05, 0.1) is 5.52 Å². The lowest BCUT2D eigenvalue weighted by atomic mass is 10.00. The highest BCUT2D eigenvalue weighted by Crippen LogP contribution is 2.35. The maximum absolute atomic E-state index is 4.93. The van der Waals surface area contributed by atoms with Crippen molar-refractivity contribution in [2.45, 2.75) is 33.0 Å². The molecule has 0 saturated heterocycles. The summed E-state index contributed by atoms with van der Waals surface area (Å²) >= 11 is 0. The fraction of sp³-hybridized carbons (Fsp3) is 0.296. The molecule has 2 aromatic carbocycles. The van der Waals surface area contributed by atoms with Crippen LogP contribution in [0, 0.1) is 6.92 Å². The Hall–Kier alpha value is -2.82. The number of halogens is 1. The standard InChI is InChI=1S/C27H30N4.ClH/c1-20-25(19-29(2)3)24-13-15-28-27(26(24)31(20)17-21-9-5-4-6-10-21)30-16-14-22-11-7-8-12-23(22)18-30;/h4-13,15H,14,16-19H2,1-3H3;1H. The lowest BCUT2D eigenvalue weighted by molar-refractivity contribution is 0.402. The van der Waals surface area contributed by atoms with Crippen molar-refractivity contribution in [2.24, 2.45) is 0 Å². The zero-order valence-electron chi connectivity index (χ0n) is 19.1. The molecule has 0 amide bonds. The van der Waals surface area contributed by atoms with Gasteiger partial charge in [0, 0.05) is 43.5 Å². The van der Waals surface area contributed by atoms with Crippen LogP contribution < -0.4 is 4.90 Å². The van der Waals surface area contributed by atoms with Gasteiger partial charge in [-0.1, -0.05) is 54.6 Å². The van der Waals surface area contributed by atoms with Crippen LogP contribution in [0.25, 0.3) is 10.9 Å². The molecular formula is C27H31ClN4. The highest BCUT2D eigenvalue weighted by atomic mass is 35.5. The molecule has 32 heavy (non-hydrogen) atoms. The largest absolute Gasteiger partial charge is 0.350 e. The van der Waals surface area contributed by atoms with Crippen LogP contribution in [0.2, 0.25) is 0 Å². The summed E-state index contributed by atoms with van der Waals surface area (Å²) in [5, 5.41) is 1.32. The maximum atomic E-state index is 4.93. The van der Waals surface area contributed by atoms with E-state index in [9.17, 15) is 0 Å². The Morgan fingerprint density at radius 3 is 2.41 bits per heavy atom. The molecule has 0 fully saturated rings. The third kappa shape index (κ3) is 4.13. The number of hydrogen-bond acceptors (Lipinski definition) is 3. The predicted molar refractivity (Wildman–Crippen MR) is 136 cm³/mol. The molecule has 1 aliphatic heterocycles. The van der Waals surface area contributed by atoms with Gasteiger partial charge in [-0.05, 0) is 55.8 Å². The summed E-state index contributed by atoms with van der Waals surface area (Å²) in [5.74, 6) is 1.11. The first-order chi connectivity index (χ1) is 15.1. The van der Waals surface area contributed by atoms with Crippen LogP contribution in [-0.2, 0) is 26.1 Å². The smallest absolute Gasteiger partial charge is 0.153 e. The molecule has 2 aromatic heterocycles. The van der Waals surface area contributed by atoms with Crippen molar-refractivity contribution < 1.29 is 0 Å². The van der Waals surface area contributed by atoms with E-state index in [1.807, 2.05) is 6.20 Å². The number of aromatic nitrogens is 2. The third-order valence-corrected chi connectivity index (χ3v) is 6.43. The van der Waals surface area contributed by atoms with Gasteiger partial charge in [0.15, 0.2) is 5.82 Å². The van der Waals surface area contributed by atoms with Crippen LogP contribution in [0.4, 0.5) is 5.82 Å². The van der Waals surface area contributed by atoms with E-state index >= 15 is 0 Å². The SMILES string of the molecule is Cc1c(CN(C)C)c2ccnc(N3CCc4ccccc4C3)c2n1Cc1ccccc1.Cl. The van der Waals surface area contributed by atoms with Gasteiger partial charge in [-0.3, -0.25) is 0 Å². The summed E-state index contributed by atoms with van der Waals surface area (Å²) in [6.45, 7) is 5.97. The monoisotopic (exact) mass is 446 g/mol. The van der Waals surface area contributed by atoms with E-state index in [-0.39, 0.29) is 12.4 Å². The normalized spacial score (nSPS) is 13.3. The van der Waals surface area contributed by atoms with Crippen molar-refractivity contribution in [3.05, 3.63) is 94.8 Å². The number of hydrogen-bond donors (Lipinski definition) is 0. The molecule has 5 heteroatoms. The van der Waals surface area contributed by atoms with Gasteiger partial charge in [-0.25, -0.2) is 4.98 Å². The second-order valence-electron chi connectivity index (χ2n) is 8.84. The molecular weight excluding hydrogens is 416 g/mol. The van der Waals surface area contributed by atoms with Gasteiger partial charge < -0.3 is 14.4 Å². The van der Waals surface area contributed by atoms with Crippen LogP contribution in [-0.4, -0.2) is 35.1 Å². The molecule has 0 atom stereocenters. The van der Waals surface area contributed by atoms with Gasteiger partial charge >= 0.3 is 0 Å². The van der Waals surface area contributed by atoms with Gasteiger partial charge in [0.1, 0.15) is 0 Å². The molecule has 0 radical (unpaired) electrons. The molecule has 1 aliphatic rings. The minimum Gasteiger partial charge on any atom is -0.350 e. The highest BCUT2D eigenvalue weighted by Gasteiger charge is 2.24. The quantitative estimate of drug-likeness (QED) is 0.408. The third-order valence-electron chi connectivity index (χ3n) is 6.43. The molecule has 0 spiro atoms. The molecule has 0 N–H and O–H groups in total. The van der Waals surface area contributed by atoms with E-state index in [1.165, 1.54) is 38.9 Å². The number of benzene rings is 2. The molecule has 166 valence electrons. The zero-order chi connectivity index (χ0) is 21.4. The fourth-order valence-electron chi connectivity index (χ4n) is 4.87. The van der Waals surface area contributed by atoms with Crippen LogP contribution >= 0.6 is 12.4 Å². The highest BCUT2D eigenvalue weighted by molar-refractivity contribution is 5.94. The maximum Gasteiger partial charge on any atom is 0.153 e. The Morgan fingerprint density at radius 1 is 0.938 bits per heavy atom. The van der Waals surface area contributed by atoms with Crippen LogP contribution in [0.3, 0.4) is 0 Å². The second-order valence-corrected chi connectivity index (χ2v) is 8.84. The molecule has 0 aliphatic carbocycles. The Bertz CT molecular complexity index is 1210. The molecule has 0 bridgehead atoms. The molecule has 4 nitrogen and oxygen atoms in total. The topological polar surface area (TPSA) is 24.3 Å². The first kappa shape index (κ1) is 22.4. The van der Waals surface area contributed by atoms with E-state index in [1.54, 1.807) is 0 Å². The van der Waals surface area contributed by atoms with Gasteiger partial charge in [-0.2, -0.15) is 0 Å². The number of fused-ring (bicyclic) bond motifs is 2. The number of rotatable bonds is 5. The lowest BCUT2D eigenvalue weighted by Gasteiger charge is -2.30. The Labute approximate surface area is 196 Å². The predicted octanol–water partition coefficient (Wildman–Crippen LogP) is 5.44. The van der Waals surface area contributed by atoms with E-state index in [4.69, 9.17) is 4.98 Å². The molecule has 3 heterocycles. The zero-order valence-corrected chi connectivity index (χ0v) is 19.9. The lowest BCUT2D eigenvalue weighted by Crippen LogP contribution is -2.31. The molecule has 4 aromatic rings. The molecule has 0 saturated carbocycles. The van der Waals surface area contributed by atoms with Crippen molar-refractivity contribution in [3.8, 4) is 0 Å². The summed E-state index contributed by atoms with van der Waals surface area (Å²) in [7, 11) is 4.28. The molecule has 5 rings (SSSR count). The van der Waals surface area contributed by atoms with Crippen LogP contribution in [0.5, 0.6) is 0 Å². The van der Waals surface area contributed by atoms with Crippen molar-refractivity contribution in [1.82, 2.24) is 14.5 Å². The van der Waals surface area contributed by atoms with Gasteiger partial charge in [0.25, 0.3) is 0 Å². The summed E-state index contributed by atoms with van der Waals surface area (Å²) in [6, 6.07) is 21.8. The number of anilines is 1. The van der Waals surface area contributed by atoms with E-state index in [2.05, 4.69) is 96.0 Å². The number of nitrogens with zero attached hydrogens (tertiary/aromatic N) is 4. The Morgan fingerprint density at radius 2 is 1.66 bits per heavy atom. The summed E-state index contributed by atoms with van der Waals surface area (Å²) in [5.41, 5.74) is 8.20. The Balaban J connectivity index is 0.00000245. The fourth-order valence-corrected chi connectivity index (χ4v) is 4.87. The van der Waals surface area contributed by atoms with E-state index in [0.717, 1.165) is 38.4 Å². The van der Waals surface area contributed by atoms with Crippen molar-refractivity contribution in [3.63, 3.8) is 0 Å². The first-order valence-electron chi connectivity index (χ1n) is 11.1. The van der Waals surface area contributed by atoms with E-state index < -0.39 is 0 Å². The van der Waals surface area contributed by atoms with Crippen LogP contribution in [0.15, 0.2) is 66.9 Å². The first-order valence-corrected chi connectivity index (χ1v) is 11.1. The van der Waals surface area contributed by atoms with Gasteiger partial charge in [0.2, 0.25) is 0 Å². The van der Waals surface area contributed by atoms with Crippen molar-refractivity contribution in [2.75, 3.05) is 25.5 Å². The van der Waals surface area contributed by atoms with Crippen molar-refractivity contribution >= 4 is 29.1 Å². The molecule has 0 unspecified atom stereocenters.